The number of piperazine rings is 1. The number of anilines is 2. The summed E-state index contributed by atoms with van der Waals surface area (Å²) in [6, 6.07) is 17.3. The second-order valence-electron chi connectivity index (χ2n) is 8.14. The van der Waals surface area contributed by atoms with Crippen molar-refractivity contribution in [3.8, 4) is 0 Å². The number of hydrogen-bond acceptors (Lipinski definition) is 4. The molecule has 1 aliphatic heterocycles. The van der Waals surface area contributed by atoms with Crippen LogP contribution < -0.4 is 9.62 Å². The summed E-state index contributed by atoms with van der Waals surface area (Å²) < 4.78 is 41.0. The van der Waals surface area contributed by atoms with Gasteiger partial charge in [-0.15, -0.1) is 0 Å². The van der Waals surface area contributed by atoms with Crippen molar-refractivity contribution in [1.82, 2.24) is 4.90 Å². The molecule has 1 amide bonds. The molecular weight excluding hydrogens is 441 g/mol. The largest absolute Gasteiger partial charge is 0.368 e. The van der Waals surface area contributed by atoms with Gasteiger partial charge in [-0.05, 0) is 73.5 Å². The molecule has 1 N–H and O–H groups in total. The minimum absolute atomic E-state index is 0.0216. The van der Waals surface area contributed by atoms with Gasteiger partial charge in [0.2, 0.25) is 0 Å². The number of rotatable bonds is 5. The summed E-state index contributed by atoms with van der Waals surface area (Å²) in [5.74, 6) is -0.655. The SMILES string of the molecule is Cc1cccc(N2CCN(C(=O)c3cccc(S(=O)(=O)Nc4ccc(F)cc4)c3)CC2)c1C. The van der Waals surface area contributed by atoms with Crippen LogP contribution in [0.15, 0.2) is 71.6 Å². The van der Waals surface area contributed by atoms with Crippen LogP contribution in [0, 0.1) is 19.7 Å². The normalized spacial score (nSPS) is 14.3. The van der Waals surface area contributed by atoms with Gasteiger partial charge in [-0.3, -0.25) is 9.52 Å². The molecule has 172 valence electrons. The maximum absolute atomic E-state index is 13.1. The Morgan fingerprint density at radius 2 is 1.58 bits per heavy atom. The number of hydrogen-bond donors (Lipinski definition) is 1. The number of nitrogens with zero attached hydrogens (tertiary/aromatic N) is 2. The van der Waals surface area contributed by atoms with E-state index in [1.807, 2.05) is 6.07 Å². The summed E-state index contributed by atoms with van der Waals surface area (Å²) >= 11 is 0. The Kier molecular flexibility index (Phi) is 6.37. The van der Waals surface area contributed by atoms with E-state index in [2.05, 4.69) is 35.6 Å². The predicted molar refractivity (Wildman–Crippen MR) is 128 cm³/mol. The minimum Gasteiger partial charge on any atom is -0.368 e. The molecule has 0 aliphatic carbocycles. The topological polar surface area (TPSA) is 69.7 Å². The molecule has 0 aromatic heterocycles. The second-order valence-corrected chi connectivity index (χ2v) is 9.82. The molecule has 0 radical (unpaired) electrons. The third-order valence-electron chi connectivity index (χ3n) is 5.97. The predicted octanol–water partition coefficient (Wildman–Crippen LogP) is 4.21. The Labute approximate surface area is 193 Å². The van der Waals surface area contributed by atoms with Crippen molar-refractivity contribution in [3.05, 3.63) is 89.2 Å². The van der Waals surface area contributed by atoms with E-state index >= 15 is 0 Å². The van der Waals surface area contributed by atoms with Crippen LogP contribution in [0.2, 0.25) is 0 Å². The third-order valence-corrected chi connectivity index (χ3v) is 7.35. The number of halogens is 1. The van der Waals surface area contributed by atoms with Gasteiger partial charge in [0.05, 0.1) is 4.90 Å². The van der Waals surface area contributed by atoms with Gasteiger partial charge in [0, 0.05) is 43.1 Å². The maximum atomic E-state index is 13.1. The van der Waals surface area contributed by atoms with E-state index in [4.69, 9.17) is 0 Å². The van der Waals surface area contributed by atoms with Crippen molar-refractivity contribution in [2.24, 2.45) is 0 Å². The zero-order chi connectivity index (χ0) is 23.6. The summed E-state index contributed by atoms with van der Waals surface area (Å²) in [4.78, 5) is 17.1. The Morgan fingerprint density at radius 3 is 2.27 bits per heavy atom. The molecule has 1 aliphatic rings. The molecule has 1 saturated heterocycles. The molecule has 0 bridgehead atoms. The Bertz CT molecular complexity index is 1270. The van der Waals surface area contributed by atoms with E-state index in [9.17, 15) is 17.6 Å². The van der Waals surface area contributed by atoms with E-state index in [0.29, 0.717) is 31.7 Å². The molecular formula is C25H26FN3O3S. The highest BCUT2D eigenvalue weighted by molar-refractivity contribution is 7.92. The average Bonchev–Trinajstić information content (AvgIpc) is 2.82. The lowest BCUT2D eigenvalue weighted by atomic mass is 10.1. The minimum atomic E-state index is -3.92. The van der Waals surface area contributed by atoms with Gasteiger partial charge < -0.3 is 9.80 Å². The molecule has 6 nitrogen and oxygen atoms in total. The number of benzene rings is 3. The van der Waals surface area contributed by atoms with E-state index in [1.165, 1.54) is 53.2 Å². The molecule has 4 rings (SSSR count). The lowest BCUT2D eigenvalue weighted by molar-refractivity contribution is 0.0746. The van der Waals surface area contributed by atoms with Crippen LogP contribution in [0.3, 0.4) is 0 Å². The zero-order valence-corrected chi connectivity index (χ0v) is 19.4. The van der Waals surface area contributed by atoms with Crippen LogP contribution >= 0.6 is 0 Å². The zero-order valence-electron chi connectivity index (χ0n) is 18.6. The smallest absolute Gasteiger partial charge is 0.261 e. The summed E-state index contributed by atoms with van der Waals surface area (Å²) in [6.45, 7) is 6.72. The fourth-order valence-corrected chi connectivity index (χ4v) is 5.04. The molecule has 0 spiro atoms. The maximum Gasteiger partial charge on any atom is 0.261 e. The number of nitrogens with one attached hydrogen (secondary N) is 1. The third kappa shape index (κ3) is 5.01. The van der Waals surface area contributed by atoms with Crippen molar-refractivity contribution in [3.63, 3.8) is 0 Å². The summed E-state index contributed by atoms with van der Waals surface area (Å²) in [5.41, 5.74) is 4.22. The van der Waals surface area contributed by atoms with Gasteiger partial charge in [0.25, 0.3) is 15.9 Å². The summed E-state index contributed by atoms with van der Waals surface area (Å²) in [7, 11) is -3.92. The first-order chi connectivity index (χ1) is 15.7. The van der Waals surface area contributed by atoms with Gasteiger partial charge in [-0.25, -0.2) is 12.8 Å². The number of aryl methyl sites for hydroxylation is 1. The molecule has 33 heavy (non-hydrogen) atoms. The molecule has 3 aromatic carbocycles. The van der Waals surface area contributed by atoms with Crippen molar-refractivity contribution < 1.29 is 17.6 Å². The number of carbonyl (C=O) groups is 1. The van der Waals surface area contributed by atoms with E-state index in [-0.39, 0.29) is 16.5 Å². The molecule has 0 unspecified atom stereocenters. The lowest BCUT2D eigenvalue weighted by Gasteiger charge is -2.37. The fourth-order valence-electron chi connectivity index (χ4n) is 3.94. The quantitative estimate of drug-likeness (QED) is 0.611. The molecule has 8 heteroatoms. The Morgan fingerprint density at radius 1 is 0.909 bits per heavy atom. The van der Waals surface area contributed by atoms with Crippen LogP contribution in [0.5, 0.6) is 0 Å². The van der Waals surface area contributed by atoms with Crippen LogP contribution in [-0.4, -0.2) is 45.4 Å². The van der Waals surface area contributed by atoms with Crippen LogP contribution in [0.4, 0.5) is 15.8 Å². The first-order valence-electron chi connectivity index (χ1n) is 10.7. The van der Waals surface area contributed by atoms with Gasteiger partial charge in [-0.2, -0.15) is 0 Å². The first kappa shape index (κ1) is 22.8. The van der Waals surface area contributed by atoms with E-state index in [0.717, 1.165) is 0 Å². The standard InChI is InChI=1S/C25H26FN3O3S/c1-18-5-3-8-24(19(18)2)28-13-15-29(16-14-28)25(30)20-6-4-7-23(17-20)33(31,32)27-22-11-9-21(26)10-12-22/h3-12,17,27H,13-16H2,1-2H3. The van der Waals surface area contributed by atoms with Crippen LogP contribution in [0.1, 0.15) is 21.5 Å². The van der Waals surface area contributed by atoms with Gasteiger partial charge >= 0.3 is 0 Å². The average molecular weight is 468 g/mol. The highest BCUT2D eigenvalue weighted by Crippen LogP contribution is 2.25. The number of sulfonamides is 1. The highest BCUT2D eigenvalue weighted by atomic mass is 32.2. The second kappa shape index (κ2) is 9.23. The van der Waals surface area contributed by atoms with E-state index < -0.39 is 15.8 Å². The first-order valence-corrected chi connectivity index (χ1v) is 12.2. The van der Waals surface area contributed by atoms with Crippen LogP contribution in [-0.2, 0) is 10.0 Å². The molecule has 0 atom stereocenters. The monoisotopic (exact) mass is 467 g/mol. The van der Waals surface area contributed by atoms with Crippen molar-refractivity contribution in [1.29, 1.82) is 0 Å². The van der Waals surface area contributed by atoms with Crippen molar-refractivity contribution in [2.45, 2.75) is 18.7 Å². The highest BCUT2D eigenvalue weighted by Gasteiger charge is 2.24. The molecule has 1 fully saturated rings. The van der Waals surface area contributed by atoms with Crippen LogP contribution in [0.25, 0.3) is 0 Å². The van der Waals surface area contributed by atoms with Gasteiger partial charge in [0.15, 0.2) is 0 Å². The van der Waals surface area contributed by atoms with Gasteiger partial charge in [0.1, 0.15) is 5.82 Å². The number of amides is 1. The molecule has 1 heterocycles. The van der Waals surface area contributed by atoms with Gasteiger partial charge in [-0.1, -0.05) is 18.2 Å². The molecule has 3 aromatic rings. The van der Waals surface area contributed by atoms with Crippen molar-refractivity contribution in [2.75, 3.05) is 35.8 Å². The van der Waals surface area contributed by atoms with Crippen molar-refractivity contribution >= 4 is 27.3 Å². The number of carbonyl (C=O) groups excluding carboxylic acids is 1. The Hall–Kier alpha value is -3.39. The lowest BCUT2D eigenvalue weighted by Crippen LogP contribution is -2.49. The summed E-state index contributed by atoms with van der Waals surface area (Å²) in [6.07, 6.45) is 0. The van der Waals surface area contributed by atoms with E-state index in [1.54, 1.807) is 17.0 Å². The Balaban J connectivity index is 1.46. The molecule has 0 saturated carbocycles. The fraction of sp³-hybridized carbons (Fsp3) is 0.240. The summed E-state index contributed by atoms with van der Waals surface area (Å²) in [5, 5.41) is 0.